The molecular weight excluding hydrogens is 344 g/mol. The van der Waals surface area contributed by atoms with Gasteiger partial charge in [0.25, 0.3) is 11.6 Å². The first kappa shape index (κ1) is 17.9. The van der Waals surface area contributed by atoms with Crippen LogP contribution in [0.4, 0.5) is 28.4 Å². The fourth-order valence-corrected chi connectivity index (χ4v) is 2.64. The maximum Gasteiger partial charge on any atom is 0.293 e. The second kappa shape index (κ2) is 7.57. The minimum atomic E-state index is -0.594. The van der Waals surface area contributed by atoms with E-state index in [-0.39, 0.29) is 16.9 Å². The largest absolute Gasteiger partial charge is 0.393 e. The van der Waals surface area contributed by atoms with Gasteiger partial charge in [0.2, 0.25) is 0 Å². The number of nitro groups is 1. The molecule has 0 saturated heterocycles. The summed E-state index contributed by atoms with van der Waals surface area (Å²) in [7, 11) is 0. The Morgan fingerprint density at radius 2 is 1.56 bits per heavy atom. The molecule has 0 atom stereocenters. The quantitative estimate of drug-likeness (QED) is 0.352. The first-order valence-corrected chi connectivity index (χ1v) is 8.22. The van der Waals surface area contributed by atoms with Crippen LogP contribution in [-0.2, 0) is 0 Å². The Morgan fingerprint density at radius 1 is 0.963 bits per heavy atom. The highest BCUT2D eigenvalue weighted by Crippen LogP contribution is 2.28. The molecule has 0 bridgehead atoms. The summed E-state index contributed by atoms with van der Waals surface area (Å²) < 4.78 is 0. The molecule has 4 N–H and O–H groups in total. The van der Waals surface area contributed by atoms with E-state index in [1.54, 1.807) is 19.1 Å². The number of amides is 1. The van der Waals surface area contributed by atoms with Gasteiger partial charge in [-0.25, -0.2) is 0 Å². The summed E-state index contributed by atoms with van der Waals surface area (Å²) in [5.41, 5.74) is 8.42. The van der Waals surface area contributed by atoms with E-state index < -0.39 is 10.8 Å². The molecule has 3 aromatic carbocycles. The van der Waals surface area contributed by atoms with Crippen LogP contribution in [-0.4, -0.2) is 10.8 Å². The number of hydrogen-bond donors (Lipinski definition) is 3. The van der Waals surface area contributed by atoms with Crippen molar-refractivity contribution >= 4 is 34.3 Å². The molecule has 0 radical (unpaired) electrons. The number of nitrogens with one attached hydrogen (secondary N) is 2. The summed E-state index contributed by atoms with van der Waals surface area (Å²) >= 11 is 0. The number of para-hydroxylation sites is 1. The fraction of sp³-hybridized carbons (Fsp3) is 0.0500. The van der Waals surface area contributed by atoms with E-state index >= 15 is 0 Å². The molecule has 27 heavy (non-hydrogen) atoms. The van der Waals surface area contributed by atoms with Gasteiger partial charge in [-0.05, 0) is 55.0 Å². The second-order valence-corrected chi connectivity index (χ2v) is 6.02. The van der Waals surface area contributed by atoms with E-state index in [0.29, 0.717) is 11.3 Å². The minimum absolute atomic E-state index is 0.0770. The monoisotopic (exact) mass is 362 g/mol. The van der Waals surface area contributed by atoms with Crippen molar-refractivity contribution in [1.29, 1.82) is 0 Å². The summed E-state index contributed by atoms with van der Waals surface area (Å²) in [6, 6.07) is 19.7. The summed E-state index contributed by atoms with van der Waals surface area (Å²) in [4.78, 5) is 23.0. The molecule has 0 spiro atoms. The number of benzene rings is 3. The zero-order valence-corrected chi connectivity index (χ0v) is 14.6. The van der Waals surface area contributed by atoms with Crippen molar-refractivity contribution in [2.75, 3.05) is 16.4 Å². The predicted octanol–water partition coefficient (Wildman–Crippen LogP) is 4.48. The Labute approximate surface area is 156 Å². The number of nitrogen functional groups attached to an aromatic ring is 1. The van der Waals surface area contributed by atoms with Crippen molar-refractivity contribution in [3.63, 3.8) is 0 Å². The molecule has 0 aliphatic heterocycles. The van der Waals surface area contributed by atoms with E-state index in [1.165, 1.54) is 12.1 Å². The van der Waals surface area contributed by atoms with Gasteiger partial charge in [-0.3, -0.25) is 14.9 Å². The van der Waals surface area contributed by atoms with Gasteiger partial charge in [0.1, 0.15) is 5.69 Å². The number of nitro benzene ring substituents is 1. The van der Waals surface area contributed by atoms with Crippen LogP contribution in [0, 0.1) is 17.0 Å². The van der Waals surface area contributed by atoms with Crippen molar-refractivity contribution in [3.05, 3.63) is 88.0 Å². The van der Waals surface area contributed by atoms with Crippen LogP contribution in [0.15, 0.2) is 66.7 Å². The minimum Gasteiger partial charge on any atom is -0.393 e. The molecule has 1 amide bonds. The third-order valence-corrected chi connectivity index (χ3v) is 3.95. The van der Waals surface area contributed by atoms with Crippen LogP contribution in [0.1, 0.15) is 15.9 Å². The van der Waals surface area contributed by atoms with Gasteiger partial charge in [-0.1, -0.05) is 18.2 Å². The third kappa shape index (κ3) is 4.21. The average Bonchev–Trinajstić information content (AvgIpc) is 2.65. The lowest BCUT2D eigenvalue weighted by Gasteiger charge is -2.10. The summed E-state index contributed by atoms with van der Waals surface area (Å²) in [5, 5.41) is 17.0. The molecule has 0 unspecified atom stereocenters. The summed E-state index contributed by atoms with van der Waals surface area (Å²) in [5.74, 6) is -0.497. The van der Waals surface area contributed by atoms with Crippen molar-refractivity contribution in [2.45, 2.75) is 6.92 Å². The van der Waals surface area contributed by atoms with E-state index in [2.05, 4.69) is 10.6 Å². The van der Waals surface area contributed by atoms with E-state index in [9.17, 15) is 14.9 Å². The van der Waals surface area contributed by atoms with E-state index in [0.717, 1.165) is 11.4 Å². The van der Waals surface area contributed by atoms with Gasteiger partial charge < -0.3 is 16.4 Å². The lowest BCUT2D eigenvalue weighted by Crippen LogP contribution is -2.15. The smallest absolute Gasteiger partial charge is 0.293 e. The van der Waals surface area contributed by atoms with Crippen molar-refractivity contribution in [3.8, 4) is 0 Å². The molecule has 7 nitrogen and oxygen atoms in total. The Balaban J connectivity index is 1.76. The molecule has 7 heteroatoms. The van der Waals surface area contributed by atoms with Crippen molar-refractivity contribution in [1.82, 2.24) is 0 Å². The number of hydrogen-bond acceptors (Lipinski definition) is 5. The standard InChI is InChI=1S/C20H18N4O3/c1-13-11-17(19(21)18(12-13)24(26)27)20(25)23-16-9-7-15(8-10-16)22-14-5-3-2-4-6-14/h2-12,22H,21H2,1H3,(H,23,25). The molecule has 0 aliphatic carbocycles. The summed E-state index contributed by atoms with van der Waals surface area (Å²) in [6.07, 6.45) is 0. The Hall–Kier alpha value is -3.87. The maximum absolute atomic E-state index is 12.5. The molecule has 3 aromatic rings. The maximum atomic E-state index is 12.5. The van der Waals surface area contributed by atoms with E-state index in [1.807, 2.05) is 42.5 Å². The lowest BCUT2D eigenvalue weighted by atomic mass is 10.1. The normalized spacial score (nSPS) is 10.3. The molecule has 0 aromatic heterocycles. The predicted molar refractivity (Wildman–Crippen MR) is 106 cm³/mol. The molecule has 0 fully saturated rings. The van der Waals surface area contributed by atoms with Crippen molar-refractivity contribution in [2.24, 2.45) is 0 Å². The topological polar surface area (TPSA) is 110 Å². The Kier molecular flexibility index (Phi) is 5.03. The molecule has 0 aliphatic rings. The highest BCUT2D eigenvalue weighted by molar-refractivity contribution is 6.09. The number of carbonyl (C=O) groups is 1. The highest BCUT2D eigenvalue weighted by atomic mass is 16.6. The third-order valence-electron chi connectivity index (χ3n) is 3.95. The van der Waals surface area contributed by atoms with Gasteiger partial charge >= 0.3 is 0 Å². The van der Waals surface area contributed by atoms with Gasteiger partial charge in [0, 0.05) is 23.1 Å². The van der Waals surface area contributed by atoms with Crippen LogP contribution < -0.4 is 16.4 Å². The Bertz CT molecular complexity index is 986. The molecule has 136 valence electrons. The zero-order chi connectivity index (χ0) is 19.4. The van der Waals surface area contributed by atoms with E-state index in [4.69, 9.17) is 5.73 Å². The molecule has 0 saturated carbocycles. The number of aryl methyl sites for hydroxylation is 1. The lowest BCUT2D eigenvalue weighted by molar-refractivity contribution is -0.384. The van der Waals surface area contributed by atoms with Gasteiger partial charge in [0.05, 0.1) is 10.5 Å². The van der Waals surface area contributed by atoms with Crippen LogP contribution in [0.25, 0.3) is 0 Å². The summed E-state index contributed by atoms with van der Waals surface area (Å²) in [6.45, 7) is 1.67. The van der Waals surface area contributed by atoms with Crippen LogP contribution in [0.5, 0.6) is 0 Å². The highest BCUT2D eigenvalue weighted by Gasteiger charge is 2.20. The van der Waals surface area contributed by atoms with Crippen molar-refractivity contribution < 1.29 is 9.72 Å². The Morgan fingerprint density at radius 3 is 2.19 bits per heavy atom. The van der Waals surface area contributed by atoms with Crippen LogP contribution in [0.2, 0.25) is 0 Å². The number of nitrogens with two attached hydrogens (primary N) is 1. The molecule has 0 heterocycles. The number of carbonyl (C=O) groups excluding carboxylic acids is 1. The zero-order valence-electron chi connectivity index (χ0n) is 14.6. The molecular formula is C20H18N4O3. The van der Waals surface area contributed by atoms with Crippen LogP contribution in [0.3, 0.4) is 0 Å². The van der Waals surface area contributed by atoms with Gasteiger partial charge in [-0.15, -0.1) is 0 Å². The average molecular weight is 362 g/mol. The van der Waals surface area contributed by atoms with Gasteiger partial charge in [0.15, 0.2) is 0 Å². The number of rotatable bonds is 5. The number of nitrogens with zero attached hydrogens (tertiary/aromatic N) is 1. The second-order valence-electron chi connectivity index (χ2n) is 6.02. The first-order chi connectivity index (χ1) is 12.9. The molecule has 3 rings (SSSR count). The van der Waals surface area contributed by atoms with Gasteiger partial charge in [-0.2, -0.15) is 0 Å². The SMILES string of the molecule is Cc1cc(C(=O)Nc2ccc(Nc3ccccc3)cc2)c(N)c([N+](=O)[O-])c1. The first-order valence-electron chi connectivity index (χ1n) is 8.22. The number of anilines is 4. The van der Waals surface area contributed by atoms with Crippen LogP contribution >= 0.6 is 0 Å². The fourth-order valence-electron chi connectivity index (χ4n) is 2.64.